The summed E-state index contributed by atoms with van der Waals surface area (Å²) in [5, 5.41) is 19.8. The largest absolute Gasteiger partial charge is 0.491 e. The number of carboxylic acids is 1. The number of benzene rings is 1. The van der Waals surface area contributed by atoms with Crippen molar-refractivity contribution in [3.63, 3.8) is 0 Å². The SMILES string of the molecule is NC(COc1cccc([N+](=O)[O-])c1)(C(=O)O)C1CC1. The number of hydrogen-bond donors (Lipinski definition) is 2. The van der Waals surface area contributed by atoms with Crippen LogP contribution < -0.4 is 10.5 Å². The van der Waals surface area contributed by atoms with Crippen molar-refractivity contribution >= 4 is 11.7 Å². The van der Waals surface area contributed by atoms with Crippen molar-refractivity contribution in [2.75, 3.05) is 6.61 Å². The maximum absolute atomic E-state index is 11.2. The molecule has 3 N–H and O–H groups in total. The second-order valence-corrected chi connectivity index (χ2v) is 4.66. The summed E-state index contributed by atoms with van der Waals surface area (Å²) in [4.78, 5) is 21.3. The van der Waals surface area contributed by atoms with Gasteiger partial charge in [0.1, 0.15) is 12.4 Å². The van der Waals surface area contributed by atoms with Crippen LogP contribution in [0.3, 0.4) is 0 Å². The topological polar surface area (TPSA) is 116 Å². The van der Waals surface area contributed by atoms with Crippen molar-refractivity contribution in [3.05, 3.63) is 34.4 Å². The van der Waals surface area contributed by atoms with Crippen molar-refractivity contribution in [1.82, 2.24) is 0 Å². The van der Waals surface area contributed by atoms with Crippen LogP contribution in [0.2, 0.25) is 0 Å². The molecular weight excluding hydrogens is 252 g/mol. The number of nitro groups is 1. The number of nitro benzene ring substituents is 1. The average molecular weight is 266 g/mol. The molecule has 0 saturated heterocycles. The van der Waals surface area contributed by atoms with E-state index >= 15 is 0 Å². The third kappa shape index (κ3) is 2.82. The fraction of sp³-hybridized carbons (Fsp3) is 0.417. The molecule has 2 rings (SSSR count). The fourth-order valence-corrected chi connectivity index (χ4v) is 1.84. The molecule has 1 unspecified atom stereocenters. The molecule has 0 heterocycles. The minimum atomic E-state index is -1.43. The van der Waals surface area contributed by atoms with E-state index in [-0.39, 0.29) is 24.0 Å². The molecule has 1 fully saturated rings. The van der Waals surface area contributed by atoms with Crippen LogP contribution in [0.4, 0.5) is 5.69 Å². The number of hydrogen-bond acceptors (Lipinski definition) is 5. The molecule has 1 aliphatic rings. The smallest absolute Gasteiger partial charge is 0.327 e. The molecule has 0 bridgehead atoms. The monoisotopic (exact) mass is 266 g/mol. The van der Waals surface area contributed by atoms with E-state index < -0.39 is 16.4 Å². The molecule has 1 atom stereocenters. The van der Waals surface area contributed by atoms with E-state index in [4.69, 9.17) is 15.6 Å². The van der Waals surface area contributed by atoms with Gasteiger partial charge in [-0.3, -0.25) is 14.9 Å². The quantitative estimate of drug-likeness (QED) is 0.589. The van der Waals surface area contributed by atoms with Crippen molar-refractivity contribution in [2.45, 2.75) is 18.4 Å². The lowest BCUT2D eigenvalue weighted by molar-refractivity contribution is -0.384. The van der Waals surface area contributed by atoms with Crippen molar-refractivity contribution in [2.24, 2.45) is 11.7 Å². The van der Waals surface area contributed by atoms with Crippen LogP contribution in [-0.4, -0.2) is 28.1 Å². The molecule has 1 saturated carbocycles. The van der Waals surface area contributed by atoms with E-state index in [9.17, 15) is 14.9 Å². The summed E-state index contributed by atoms with van der Waals surface area (Å²) in [7, 11) is 0. The van der Waals surface area contributed by atoms with Crippen molar-refractivity contribution < 1.29 is 19.6 Å². The van der Waals surface area contributed by atoms with E-state index in [2.05, 4.69) is 0 Å². The molecule has 0 spiro atoms. The first-order chi connectivity index (χ1) is 8.93. The van der Waals surface area contributed by atoms with Crippen LogP contribution >= 0.6 is 0 Å². The highest BCUT2D eigenvalue weighted by atomic mass is 16.6. The molecule has 0 radical (unpaired) electrons. The van der Waals surface area contributed by atoms with E-state index in [1.165, 1.54) is 24.3 Å². The first-order valence-corrected chi connectivity index (χ1v) is 5.83. The normalized spacial score (nSPS) is 17.5. The Morgan fingerprint density at radius 2 is 2.26 bits per heavy atom. The Balaban J connectivity index is 2.07. The Kier molecular flexibility index (Phi) is 3.39. The highest BCUT2D eigenvalue weighted by Crippen LogP contribution is 2.38. The molecular formula is C12H14N2O5. The number of aliphatic carboxylic acids is 1. The number of rotatable bonds is 6. The van der Waals surface area contributed by atoms with Gasteiger partial charge in [0.15, 0.2) is 5.54 Å². The van der Waals surface area contributed by atoms with Gasteiger partial charge >= 0.3 is 5.97 Å². The molecule has 0 amide bonds. The van der Waals surface area contributed by atoms with E-state index in [1.807, 2.05) is 0 Å². The van der Waals surface area contributed by atoms with Crippen LogP contribution in [0.1, 0.15) is 12.8 Å². The number of non-ortho nitro benzene ring substituents is 1. The number of nitrogens with two attached hydrogens (primary N) is 1. The first-order valence-electron chi connectivity index (χ1n) is 5.83. The van der Waals surface area contributed by atoms with Gasteiger partial charge < -0.3 is 15.6 Å². The molecule has 7 nitrogen and oxygen atoms in total. The van der Waals surface area contributed by atoms with Gasteiger partial charge in [-0.2, -0.15) is 0 Å². The number of carboxylic acid groups (broad SMARTS) is 1. The van der Waals surface area contributed by atoms with Gasteiger partial charge in [0.05, 0.1) is 11.0 Å². The van der Waals surface area contributed by atoms with Crippen LogP contribution in [0.5, 0.6) is 5.75 Å². The summed E-state index contributed by atoms with van der Waals surface area (Å²) in [5.41, 5.74) is 4.30. The third-order valence-corrected chi connectivity index (χ3v) is 3.21. The summed E-state index contributed by atoms with van der Waals surface area (Å²) < 4.78 is 5.31. The molecule has 1 aromatic rings. The van der Waals surface area contributed by atoms with Crippen LogP contribution in [0.15, 0.2) is 24.3 Å². The summed E-state index contributed by atoms with van der Waals surface area (Å²) in [6.07, 6.45) is 1.53. The molecule has 0 aliphatic heterocycles. The second kappa shape index (κ2) is 4.85. The zero-order valence-corrected chi connectivity index (χ0v) is 10.1. The highest BCUT2D eigenvalue weighted by Gasteiger charge is 2.49. The predicted molar refractivity (Wildman–Crippen MR) is 65.9 cm³/mol. The van der Waals surface area contributed by atoms with Gasteiger partial charge in [-0.25, -0.2) is 0 Å². The fourth-order valence-electron chi connectivity index (χ4n) is 1.84. The maximum Gasteiger partial charge on any atom is 0.327 e. The van der Waals surface area contributed by atoms with Gasteiger partial charge in [-0.1, -0.05) is 6.07 Å². The Labute approximate surface area is 109 Å². The van der Waals surface area contributed by atoms with Gasteiger partial charge in [-0.05, 0) is 24.8 Å². The first kappa shape index (κ1) is 13.3. The van der Waals surface area contributed by atoms with Crippen molar-refractivity contribution in [1.29, 1.82) is 0 Å². The lowest BCUT2D eigenvalue weighted by Gasteiger charge is -2.24. The molecule has 0 aromatic heterocycles. The summed E-state index contributed by atoms with van der Waals surface area (Å²) in [6, 6.07) is 5.58. The Morgan fingerprint density at radius 1 is 1.58 bits per heavy atom. The molecule has 7 heteroatoms. The van der Waals surface area contributed by atoms with E-state index in [0.717, 1.165) is 12.8 Å². The summed E-state index contributed by atoms with van der Waals surface area (Å²) in [5.74, 6) is -0.963. The summed E-state index contributed by atoms with van der Waals surface area (Å²) in [6.45, 7) is -0.200. The zero-order valence-electron chi connectivity index (χ0n) is 10.1. The second-order valence-electron chi connectivity index (χ2n) is 4.66. The van der Waals surface area contributed by atoms with Crippen LogP contribution in [0.25, 0.3) is 0 Å². The average Bonchev–Trinajstić information content (AvgIpc) is 3.20. The summed E-state index contributed by atoms with van der Waals surface area (Å²) >= 11 is 0. The van der Waals surface area contributed by atoms with Gasteiger partial charge in [0, 0.05) is 6.07 Å². The lowest BCUT2D eigenvalue weighted by atomic mass is 9.96. The Hall–Kier alpha value is -2.15. The minimum absolute atomic E-state index is 0.0938. The Bertz CT molecular complexity index is 515. The molecule has 1 aliphatic carbocycles. The number of ether oxygens (including phenoxy) is 1. The molecule has 19 heavy (non-hydrogen) atoms. The van der Waals surface area contributed by atoms with E-state index in [0.29, 0.717) is 0 Å². The standard InChI is InChI=1S/C12H14N2O5/c13-12(11(15)16,8-4-5-8)7-19-10-3-1-2-9(6-10)14(17)18/h1-3,6,8H,4-5,7,13H2,(H,15,16). The van der Waals surface area contributed by atoms with E-state index in [1.54, 1.807) is 0 Å². The zero-order chi connectivity index (χ0) is 14.0. The van der Waals surface area contributed by atoms with Gasteiger partial charge in [0.2, 0.25) is 0 Å². The predicted octanol–water partition coefficient (Wildman–Crippen LogP) is 1.17. The van der Waals surface area contributed by atoms with Crippen LogP contribution in [0, 0.1) is 16.0 Å². The highest BCUT2D eigenvalue weighted by molar-refractivity contribution is 5.79. The van der Waals surface area contributed by atoms with Crippen LogP contribution in [-0.2, 0) is 4.79 Å². The number of carbonyl (C=O) groups is 1. The van der Waals surface area contributed by atoms with Gasteiger partial charge in [0.25, 0.3) is 5.69 Å². The minimum Gasteiger partial charge on any atom is -0.491 e. The van der Waals surface area contributed by atoms with Gasteiger partial charge in [-0.15, -0.1) is 0 Å². The third-order valence-electron chi connectivity index (χ3n) is 3.21. The number of nitrogens with zero attached hydrogens (tertiary/aromatic N) is 1. The lowest BCUT2D eigenvalue weighted by Crippen LogP contribution is -2.54. The molecule has 102 valence electrons. The van der Waals surface area contributed by atoms with Crippen molar-refractivity contribution in [3.8, 4) is 5.75 Å². The Morgan fingerprint density at radius 3 is 2.79 bits per heavy atom. The molecule has 1 aromatic carbocycles. The maximum atomic E-state index is 11.2.